The standard InChI is InChI=1S/C20H16ClN3O7S/c1-30-15-6-4-12(9-13(15)21)22-18(25)10-23-19(26)17(32-20(23)27)8-11-3-5-16(31-2)14(7-11)24(28)29/h3-9H,10H2,1-2H3,(H,22,25)/b17-8+. The highest BCUT2D eigenvalue weighted by Gasteiger charge is 2.36. The Morgan fingerprint density at radius 2 is 1.88 bits per heavy atom. The van der Waals surface area contributed by atoms with E-state index in [4.69, 9.17) is 21.1 Å². The van der Waals surface area contributed by atoms with Gasteiger partial charge in [0.15, 0.2) is 5.75 Å². The van der Waals surface area contributed by atoms with Crippen LogP contribution in [0.25, 0.3) is 6.08 Å². The fourth-order valence-electron chi connectivity index (χ4n) is 2.82. The van der Waals surface area contributed by atoms with E-state index in [0.717, 1.165) is 4.90 Å². The smallest absolute Gasteiger partial charge is 0.311 e. The third-order valence-corrected chi connectivity index (χ3v) is 5.51. The Morgan fingerprint density at radius 1 is 1.19 bits per heavy atom. The molecule has 2 aromatic carbocycles. The van der Waals surface area contributed by atoms with Gasteiger partial charge in [0.2, 0.25) is 5.91 Å². The number of hydrogen-bond donors (Lipinski definition) is 1. The van der Waals surface area contributed by atoms with E-state index >= 15 is 0 Å². The van der Waals surface area contributed by atoms with Crippen molar-refractivity contribution < 1.29 is 28.8 Å². The first kappa shape index (κ1) is 23.1. The third-order valence-electron chi connectivity index (χ3n) is 4.31. The van der Waals surface area contributed by atoms with Gasteiger partial charge in [0, 0.05) is 11.8 Å². The number of methoxy groups -OCH3 is 2. The molecule has 1 N–H and O–H groups in total. The van der Waals surface area contributed by atoms with E-state index in [1.54, 1.807) is 12.1 Å². The Hall–Kier alpha value is -3.57. The van der Waals surface area contributed by atoms with Crippen molar-refractivity contribution >= 4 is 57.9 Å². The zero-order valence-electron chi connectivity index (χ0n) is 16.8. The van der Waals surface area contributed by atoms with Gasteiger partial charge in [-0.3, -0.25) is 29.4 Å². The minimum absolute atomic E-state index is 0.0368. The van der Waals surface area contributed by atoms with Gasteiger partial charge in [-0.05, 0) is 47.7 Å². The van der Waals surface area contributed by atoms with Gasteiger partial charge >= 0.3 is 5.69 Å². The van der Waals surface area contributed by atoms with Crippen LogP contribution < -0.4 is 14.8 Å². The average molecular weight is 478 g/mol. The van der Waals surface area contributed by atoms with Crippen LogP contribution in [0.1, 0.15) is 5.56 Å². The van der Waals surface area contributed by atoms with Crippen molar-refractivity contribution in [2.75, 3.05) is 26.1 Å². The molecule has 0 bridgehead atoms. The summed E-state index contributed by atoms with van der Waals surface area (Å²) in [4.78, 5) is 48.6. The van der Waals surface area contributed by atoms with E-state index in [1.807, 2.05) is 0 Å². The number of rotatable bonds is 7. The number of amides is 3. The summed E-state index contributed by atoms with van der Waals surface area (Å²) in [5.74, 6) is -0.786. The highest BCUT2D eigenvalue weighted by atomic mass is 35.5. The third kappa shape index (κ3) is 5.01. The Bertz CT molecular complexity index is 1150. The van der Waals surface area contributed by atoms with E-state index in [9.17, 15) is 24.5 Å². The van der Waals surface area contributed by atoms with E-state index in [2.05, 4.69) is 5.32 Å². The first-order valence-electron chi connectivity index (χ1n) is 8.94. The van der Waals surface area contributed by atoms with Crippen molar-refractivity contribution in [3.8, 4) is 11.5 Å². The van der Waals surface area contributed by atoms with Gasteiger partial charge in [-0.1, -0.05) is 17.7 Å². The summed E-state index contributed by atoms with van der Waals surface area (Å²) in [6.45, 7) is -0.506. The molecule has 1 aliphatic heterocycles. The number of ether oxygens (including phenoxy) is 2. The summed E-state index contributed by atoms with van der Waals surface area (Å²) < 4.78 is 9.98. The number of hydrogen-bond acceptors (Lipinski definition) is 8. The van der Waals surface area contributed by atoms with E-state index in [-0.39, 0.29) is 21.4 Å². The van der Waals surface area contributed by atoms with Crippen LogP contribution in [0.15, 0.2) is 41.3 Å². The van der Waals surface area contributed by atoms with E-state index < -0.39 is 28.5 Å². The van der Waals surface area contributed by atoms with Gasteiger partial charge in [0.25, 0.3) is 11.1 Å². The number of carbonyl (C=O) groups is 3. The van der Waals surface area contributed by atoms with Crippen molar-refractivity contribution in [1.82, 2.24) is 4.90 Å². The molecular formula is C20H16ClN3O7S. The number of benzene rings is 2. The number of nitro groups is 1. The number of anilines is 1. The van der Waals surface area contributed by atoms with Gasteiger partial charge in [-0.2, -0.15) is 0 Å². The lowest BCUT2D eigenvalue weighted by Gasteiger charge is -2.13. The quantitative estimate of drug-likeness (QED) is 0.360. The molecule has 32 heavy (non-hydrogen) atoms. The first-order valence-corrected chi connectivity index (χ1v) is 10.1. The van der Waals surface area contributed by atoms with Crippen LogP contribution in [0.4, 0.5) is 16.2 Å². The summed E-state index contributed by atoms with van der Waals surface area (Å²) in [6.07, 6.45) is 1.35. The predicted molar refractivity (Wildman–Crippen MR) is 119 cm³/mol. The average Bonchev–Trinajstić information content (AvgIpc) is 3.01. The molecule has 1 aliphatic rings. The van der Waals surface area contributed by atoms with Gasteiger partial charge < -0.3 is 14.8 Å². The number of nitro benzene ring substituents is 1. The second kappa shape index (κ2) is 9.71. The van der Waals surface area contributed by atoms with Crippen LogP contribution in [0, 0.1) is 10.1 Å². The molecule has 0 atom stereocenters. The molecule has 3 rings (SSSR count). The van der Waals surface area contributed by atoms with Crippen molar-refractivity contribution in [2.24, 2.45) is 0 Å². The molecule has 1 heterocycles. The lowest BCUT2D eigenvalue weighted by atomic mass is 10.1. The van der Waals surface area contributed by atoms with E-state index in [0.29, 0.717) is 28.8 Å². The SMILES string of the molecule is COc1ccc(NC(=O)CN2C(=O)S/C(=C/c3ccc(OC)c([N+](=O)[O-])c3)C2=O)cc1Cl. The molecule has 0 spiro atoms. The fraction of sp³-hybridized carbons (Fsp3) is 0.150. The normalized spacial score (nSPS) is 14.6. The lowest BCUT2D eigenvalue weighted by Crippen LogP contribution is -2.36. The van der Waals surface area contributed by atoms with Crippen molar-refractivity contribution in [1.29, 1.82) is 0 Å². The highest BCUT2D eigenvalue weighted by Crippen LogP contribution is 2.34. The van der Waals surface area contributed by atoms with Crippen LogP contribution >= 0.6 is 23.4 Å². The molecule has 12 heteroatoms. The Balaban J connectivity index is 1.73. The Labute approximate surface area is 191 Å². The first-order chi connectivity index (χ1) is 15.2. The van der Waals surface area contributed by atoms with Gasteiger partial charge in [0.05, 0.1) is 29.1 Å². The number of halogens is 1. The maximum absolute atomic E-state index is 12.6. The summed E-state index contributed by atoms with van der Waals surface area (Å²) >= 11 is 6.66. The van der Waals surface area contributed by atoms with Crippen LogP contribution in [0.5, 0.6) is 11.5 Å². The van der Waals surface area contributed by atoms with E-state index in [1.165, 1.54) is 44.6 Å². The minimum atomic E-state index is -0.679. The Kier molecular flexibility index (Phi) is 7.01. The number of imide groups is 1. The van der Waals surface area contributed by atoms with Crippen molar-refractivity contribution in [3.05, 3.63) is 62.0 Å². The molecule has 0 aromatic heterocycles. The molecular weight excluding hydrogens is 462 g/mol. The largest absolute Gasteiger partial charge is 0.495 e. The van der Waals surface area contributed by atoms with Crippen LogP contribution in [0.3, 0.4) is 0 Å². The van der Waals surface area contributed by atoms with Crippen LogP contribution in [-0.2, 0) is 9.59 Å². The fourth-order valence-corrected chi connectivity index (χ4v) is 3.91. The molecule has 1 saturated heterocycles. The molecule has 1 fully saturated rings. The maximum atomic E-state index is 12.6. The number of nitrogens with zero attached hydrogens (tertiary/aromatic N) is 2. The second-order valence-corrected chi connectivity index (χ2v) is 7.75. The number of carbonyl (C=O) groups excluding carboxylic acids is 3. The van der Waals surface area contributed by atoms with Gasteiger partial charge in [0.1, 0.15) is 12.3 Å². The molecule has 2 aromatic rings. The maximum Gasteiger partial charge on any atom is 0.311 e. The predicted octanol–water partition coefficient (Wildman–Crippen LogP) is 3.94. The van der Waals surface area contributed by atoms with Gasteiger partial charge in [-0.25, -0.2) is 0 Å². The molecule has 0 radical (unpaired) electrons. The lowest BCUT2D eigenvalue weighted by molar-refractivity contribution is -0.385. The monoisotopic (exact) mass is 477 g/mol. The molecule has 0 aliphatic carbocycles. The summed E-state index contributed by atoms with van der Waals surface area (Å²) in [5, 5.41) is 13.4. The molecule has 0 unspecified atom stereocenters. The molecule has 166 valence electrons. The molecule has 3 amide bonds. The topological polar surface area (TPSA) is 128 Å². The Morgan fingerprint density at radius 3 is 2.50 bits per heavy atom. The van der Waals surface area contributed by atoms with Crippen LogP contribution in [-0.4, -0.2) is 47.6 Å². The van der Waals surface area contributed by atoms with Crippen molar-refractivity contribution in [2.45, 2.75) is 0 Å². The highest BCUT2D eigenvalue weighted by molar-refractivity contribution is 8.18. The van der Waals surface area contributed by atoms with Gasteiger partial charge in [-0.15, -0.1) is 0 Å². The second-order valence-electron chi connectivity index (χ2n) is 6.35. The van der Waals surface area contributed by atoms with Crippen molar-refractivity contribution in [3.63, 3.8) is 0 Å². The number of nitrogens with one attached hydrogen (secondary N) is 1. The zero-order chi connectivity index (χ0) is 23.4. The molecule has 10 nitrogen and oxygen atoms in total. The number of thioether (sulfide) groups is 1. The molecule has 0 saturated carbocycles. The minimum Gasteiger partial charge on any atom is -0.495 e. The summed E-state index contributed by atoms with van der Waals surface area (Å²) in [7, 11) is 2.76. The van der Waals surface area contributed by atoms with Crippen LogP contribution in [0.2, 0.25) is 5.02 Å². The summed E-state index contributed by atoms with van der Waals surface area (Å²) in [5.41, 5.74) is 0.423. The zero-order valence-corrected chi connectivity index (χ0v) is 18.4. The summed E-state index contributed by atoms with van der Waals surface area (Å²) in [6, 6.07) is 8.73.